The zero-order chi connectivity index (χ0) is 12.2. The SMILES string of the molecule is Nc1c(O)cc2c([nH]c3ccc(O)cc32)c1N. The fraction of sp³-hybridized carbons (Fsp3) is 0. The Bertz CT molecular complexity index is 746. The first-order chi connectivity index (χ1) is 8.08. The highest BCUT2D eigenvalue weighted by Crippen LogP contribution is 2.38. The average Bonchev–Trinajstić information content (AvgIpc) is 2.65. The largest absolute Gasteiger partial charge is 0.508 e. The molecule has 5 heteroatoms. The predicted octanol–water partition coefficient (Wildman–Crippen LogP) is 1.90. The number of anilines is 2. The Balaban J connectivity index is 2.57. The second-order valence-electron chi connectivity index (χ2n) is 4.00. The number of hydrogen-bond acceptors (Lipinski definition) is 4. The smallest absolute Gasteiger partial charge is 0.141 e. The Morgan fingerprint density at radius 1 is 0.941 bits per heavy atom. The minimum absolute atomic E-state index is 0.0563. The molecule has 1 heterocycles. The molecule has 7 N–H and O–H groups in total. The molecule has 2 aromatic carbocycles. The van der Waals surface area contributed by atoms with Crippen LogP contribution < -0.4 is 11.5 Å². The molecular weight excluding hydrogens is 218 g/mol. The number of nitrogens with one attached hydrogen (secondary N) is 1. The lowest BCUT2D eigenvalue weighted by Gasteiger charge is -2.04. The van der Waals surface area contributed by atoms with Gasteiger partial charge in [-0.25, -0.2) is 0 Å². The second-order valence-corrected chi connectivity index (χ2v) is 4.00. The number of H-pyrrole nitrogens is 1. The van der Waals surface area contributed by atoms with E-state index in [1.165, 1.54) is 0 Å². The van der Waals surface area contributed by atoms with Crippen molar-refractivity contribution in [1.29, 1.82) is 0 Å². The lowest BCUT2D eigenvalue weighted by Crippen LogP contribution is -1.95. The summed E-state index contributed by atoms with van der Waals surface area (Å²) in [5.74, 6) is 0.104. The molecule has 0 unspecified atom stereocenters. The van der Waals surface area contributed by atoms with Gasteiger partial charge in [0.25, 0.3) is 0 Å². The molecule has 3 aromatic rings. The van der Waals surface area contributed by atoms with Crippen LogP contribution in [0.3, 0.4) is 0 Å². The van der Waals surface area contributed by atoms with Gasteiger partial charge in [0.2, 0.25) is 0 Å². The van der Waals surface area contributed by atoms with E-state index >= 15 is 0 Å². The molecule has 1 aromatic heterocycles. The number of phenolic OH excluding ortho intramolecular Hbond substituents is 2. The zero-order valence-electron chi connectivity index (χ0n) is 8.86. The van der Waals surface area contributed by atoms with Crippen molar-refractivity contribution < 1.29 is 10.2 Å². The molecule has 86 valence electrons. The van der Waals surface area contributed by atoms with Crippen molar-refractivity contribution in [2.75, 3.05) is 11.5 Å². The third kappa shape index (κ3) is 1.19. The van der Waals surface area contributed by atoms with Crippen LogP contribution in [0.5, 0.6) is 11.5 Å². The fourth-order valence-electron chi connectivity index (χ4n) is 2.05. The number of benzene rings is 2. The summed E-state index contributed by atoms with van der Waals surface area (Å²) in [7, 11) is 0. The number of rotatable bonds is 0. The molecule has 5 nitrogen and oxygen atoms in total. The number of aromatic amines is 1. The Labute approximate surface area is 96.3 Å². The van der Waals surface area contributed by atoms with Gasteiger partial charge < -0.3 is 26.7 Å². The lowest BCUT2D eigenvalue weighted by atomic mass is 10.1. The predicted molar refractivity (Wildman–Crippen MR) is 68.0 cm³/mol. The van der Waals surface area contributed by atoms with Crippen LogP contribution >= 0.6 is 0 Å². The van der Waals surface area contributed by atoms with E-state index in [-0.39, 0.29) is 17.2 Å². The molecule has 0 saturated carbocycles. The highest BCUT2D eigenvalue weighted by atomic mass is 16.3. The number of phenols is 2. The lowest BCUT2D eigenvalue weighted by molar-refractivity contribution is 0.476. The highest BCUT2D eigenvalue weighted by Gasteiger charge is 2.12. The third-order valence-corrected chi connectivity index (χ3v) is 2.94. The van der Waals surface area contributed by atoms with Crippen LogP contribution in [-0.2, 0) is 0 Å². The minimum Gasteiger partial charge on any atom is -0.508 e. The molecule has 0 fully saturated rings. The van der Waals surface area contributed by atoms with Crippen molar-refractivity contribution in [3.63, 3.8) is 0 Å². The molecule has 0 bridgehead atoms. The summed E-state index contributed by atoms with van der Waals surface area (Å²) in [6.07, 6.45) is 0. The van der Waals surface area contributed by atoms with Gasteiger partial charge in [-0.3, -0.25) is 0 Å². The summed E-state index contributed by atoms with van der Waals surface area (Å²) in [5, 5.41) is 20.7. The van der Waals surface area contributed by atoms with Crippen LogP contribution in [0.15, 0.2) is 24.3 Å². The van der Waals surface area contributed by atoms with E-state index in [0.717, 1.165) is 16.3 Å². The Morgan fingerprint density at radius 2 is 1.71 bits per heavy atom. The molecular formula is C12H11N3O2. The molecule has 0 saturated heterocycles. The molecule has 0 amide bonds. The Hall–Kier alpha value is -2.56. The summed E-state index contributed by atoms with van der Waals surface area (Å²) in [6.45, 7) is 0. The minimum atomic E-state index is -0.0563. The number of aromatic hydroxyl groups is 2. The molecule has 0 spiro atoms. The van der Waals surface area contributed by atoms with Crippen LogP contribution in [0.4, 0.5) is 11.4 Å². The first-order valence-electron chi connectivity index (χ1n) is 5.09. The molecule has 0 radical (unpaired) electrons. The summed E-state index contributed by atoms with van der Waals surface area (Å²) in [6, 6.07) is 6.48. The van der Waals surface area contributed by atoms with Crippen molar-refractivity contribution in [3.8, 4) is 11.5 Å². The molecule has 0 aliphatic heterocycles. The van der Waals surface area contributed by atoms with Crippen LogP contribution in [-0.4, -0.2) is 15.2 Å². The van der Waals surface area contributed by atoms with E-state index in [2.05, 4.69) is 4.98 Å². The number of hydrogen-bond donors (Lipinski definition) is 5. The molecule has 0 atom stereocenters. The highest BCUT2D eigenvalue weighted by molar-refractivity contribution is 6.14. The van der Waals surface area contributed by atoms with Gasteiger partial charge in [-0.05, 0) is 24.3 Å². The van der Waals surface area contributed by atoms with E-state index in [1.807, 2.05) is 0 Å². The Kier molecular flexibility index (Phi) is 1.69. The van der Waals surface area contributed by atoms with Crippen LogP contribution in [0.25, 0.3) is 21.8 Å². The summed E-state index contributed by atoms with van der Waals surface area (Å²) < 4.78 is 0. The normalized spacial score (nSPS) is 11.3. The molecule has 3 rings (SSSR count). The van der Waals surface area contributed by atoms with Gasteiger partial charge in [0.05, 0.1) is 16.9 Å². The monoisotopic (exact) mass is 229 g/mol. The van der Waals surface area contributed by atoms with Gasteiger partial charge in [0.1, 0.15) is 11.5 Å². The second kappa shape index (κ2) is 2.98. The molecule has 0 aliphatic rings. The van der Waals surface area contributed by atoms with Crippen molar-refractivity contribution in [3.05, 3.63) is 24.3 Å². The summed E-state index contributed by atoms with van der Waals surface area (Å²) >= 11 is 0. The van der Waals surface area contributed by atoms with Crippen molar-refractivity contribution in [2.45, 2.75) is 0 Å². The van der Waals surface area contributed by atoms with E-state index in [1.54, 1.807) is 24.3 Å². The quantitative estimate of drug-likeness (QED) is 0.299. The molecule has 17 heavy (non-hydrogen) atoms. The third-order valence-electron chi connectivity index (χ3n) is 2.94. The zero-order valence-corrected chi connectivity index (χ0v) is 8.86. The maximum Gasteiger partial charge on any atom is 0.141 e. The topological polar surface area (TPSA) is 108 Å². The molecule has 0 aliphatic carbocycles. The maximum atomic E-state index is 9.66. The van der Waals surface area contributed by atoms with Gasteiger partial charge in [-0.1, -0.05) is 0 Å². The van der Waals surface area contributed by atoms with Gasteiger partial charge in [0, 0.05) is 16.3 Å². The standard InChI is InChI=1S/C12H11N3O2/c13-10-9(17)4-7-6-3-5(16)1-2-8(6)15-12(7)11(10)14/h1-4,15-17H,13-14H2. The fourth-order valence-corrected chi connectivity index (χ4v) is 2.05. The van der Waals surface area contributed by atoms with Crippen molar-refractivity contribution >= 4 is 33.2 Å². The van der Waals surface area contributed by atoms with Crippen molar-refractivity contribution in [2.24, 2.45) is 0 Å². The Morgan fingerprint density at radius 3 is 2.47 bits per heavy atom. The number of nitrogen functional groups attached to an aromatic ring is 2. The first-order valence-corrected chi connectivity index (χ1v) is 5.09. The van der Waals surface area contributed by atoms with E-state index < -0.39 is 0 Å². The van der Waals surface area contributed by atoms with Gasteiger partial charge in [0.15, 0.2) is 0 Å². The number of aromatic nitrogens is 1. The summed E-state index contributed by atoms with van der Waals surface area (Å²) in [4.78, 5) is 3.11. The van der Waals surface area contributed by atoms with Crippen LogP contribution in [0.1, 0.15) is 0 Å². The van der Waals surface area contributed by atoms with Gasteiger partial charge in [-0.15, -0.1) is 0 Å². The van der Waals surface area contributed by atoms with E-state index in [4.69, 9.17) is 11.5 Å². The first kappa shape index (κ1) is 9.65. The number of nitrogens with two attached hydrogens (primary N) is 2. The van der Waals surface area contributed by atoms with E-state index in [9.17, 15) is 10.2 Å². The summed E-state index contributed by atoms with van der Waals surface area (Å²) in [5.41, 5.74) is 13.5. The van der Waals surface area contributed by atoms with Gasteiger partial charge >= 0.3 is 0 Å². The van der Waals surface area contributed by atoms with Crippen molar-refractivity contribution in [1.82, 2.24) is 4.98 Å². The van der Waals surface area contributed by atoms with Gasteiger partial charge in [-0.2, -0.15) is 0 Å². The number of fused-ring (bicyclic) bond motifs is 3. The maximum absolute atomic E-state index is 9.66. The van der Waals surface area contributed by atoms with Crippen LogP contribution in [0, 0.1) is 0 Å². The average molecular weight is 229 g/mol. The van der Waals surface area contributed by atoms with Crippen LogP contribution in [0.2, 0.25) is 0 Å². The van der Waals surface area contributed by atoms with E-state index in [0.29, 0.717) is 11.2 Å².